The fourth-order valence-electron chi connectivity index (χ4n) is 4.39. The van der Waals surface area contributed by atoms with Gasteiger partial charge in [0.25, 0.3) is 11.7 Å². The minimum atomic E-state index is -0.822. The normalized spacial score (nSPS) is 18.6. The van der Waals surface area contributed by atoms with Crippen LogP contribution in [0.2, 0.25) is 0 Å². The van der Waals surface area contributed by atoms with Crippen LogP contribution in [0.4, 0.5) is 0 Å². The predicted octanol–water partition coefficient (Wildman–Crippen LogP) is 3.71. The summed E-state index contributed by atoms with van der Waals surface area (Å²) in [5.41, 5.74) is 0.957. The molecule has 9 nitrogen and oxygen atoms in total. The van der Waals surface area contributed by atoms with Gasteiger partial charge in [-0.3, -0.25) is 9.59 Å². The summed E-state index contributed by atoms with van der Waals surface area (Å²) >= 11 is 0. The molecule has 2 aromatic rings. The van der Waals surface area contributed by atoms with Crippen molar-refractivity contribution < 1.29 is 38.4 Å². The van der Waals surface area contributed by atoms with Crippen molar-refractivity contribution in [1.29, 1.82) is 0 Å². The minimum Gasteiger partial charge on any atom is -0.507 e. The second-order valence-electron chi connectivity index (χ2n) is 8.77. The Balaban J connectivity index is 1.82. The van der Waals surface area contributed by atoms with E-state index in [0.29, 0.717) is 60.4 Å². The Kier molecular flexibility index (Phi) is 7.69. The molecule has 0 bridgehead atoms. The van der Waals surface area contributed by atoms with Gasteiger partial charge in [-0.1, -0.05) is 6.07 Å². The molecule has 1 N–H and O–H groups in total. The smallest absolute Gasteiger partial charge is 0.295 e. The van der Waals surface area contributed by atoms with Crippen LogP contribution in [0.15, 0.2) is 42.0 Å². The summed E-state index contributed by atoms with van der Waals surface area (Å²) in [6, 6.07) is 9.35. The van der Waals surface area contributed by atoms with Gasteiger partial charge in [0, 0.05) is 25.8 Å². The Morgan fingerprint density at radius 3 is 2.50 bits per heavy atom. The van der Waals surface area contributed by atoms with Crippen LogP contribution < -0.4 is 18.9 Å². The lowest BCUT2D eigenvalue weighted by molar-refractivity contribution is -0.140. The van der Waals surface area contributed by atoms with Crippen LogP contribution in [0.3, 0.4) is 0 Å². The average molecular weight is 498 g/mol. The third-order valence-electron chi connectivity index (χ3n) is 5.97. The number of rotatable bonds is 9. The zero-order chi connectivity index (χ0) is 25.8. The van der Waals surface area contributed by atoms with E-state index in [4.69, 9.17) is 23.7 Å². The molecule has 0 saturated carbocycles. The van der Waals surface area contributed by atoms with Gasteiger partial charge in [-0.2, -0.15) is 0 Å². The number of hydrogen-bond donors (Lipinski definition) is 1. The molecule has 2 heterocycles. The second kappa shape index (κ2) is 10.9. The predicted molar refractivity (Wildman–Crippen MR) is 132 cm³/mol. The molecule has 9 heteroatoms. The van der Waals surface area contributed by atoms with Crippen molar-refractivity contribution in [2.75, 3.05) is 40.6 Å². The largest absolute Gasteiger partial charge is 0.507 e. The fraction of sp³-hybridized carbons (Fsp3) is 0.407. The highest BCUT2D eigenvalue weighted by molar-refractivity contribution is 6.46. The van der Waals surface area contributed by atoms with Gasteiger partial charge in [0.05, 0.1) is 24.8 Å². The molecule has 0 aromatic heterocycles. The summed E-state index contributed by atoms with van der Waals surface area (Å²) < 4.78 is 27.7. The molecular weight excluding hydrogens is 466 g/mol. The molecule has 0 radical (unpaired) electrons. The summed E-state index contributed by atoms with van der Waals surface area (Å²) in [6.07, 6.45) is 0.454. The van der Waals surface area contributed by atoms with Gasteiger partial charge in [0.2, 0.25) is 0 Å². The highest BCUT2D eigenvalue weighted by atomic mass is 16.6. The zero-order valence-electron chi connectivity index (χ0n) is 20.9. The number of hydrogen-bond acceptors (Lipinski definition) is 8. The van der Waals surface area contributed by atoms with E-state index in [1.165, 1.54) is 12.0 Å². The van der Waals surface area contributed by atoms with Crippen molar-refractivity contribution in [3.05, 3.63) is 53.1 Å². The van der Waals surface area contributed by atoms with Gasteiger partial charge < -0.3 is 33.7 Å². The van der Waals surface area contributed by atoms with Crippen molar-refractivity contribution in [1.82, 2.24) is 4.90 Å². The topological polar surface area (TPSA) is 104 Å². The van der Waals surface area contributed by atoms with Gasteiger partial charge in [-0.05, 0) is 56.2 Å². The molecule has 1 amide bonds. The maximum absolute atomic E-state index is 13.3. The minimum absolute atomic E-state index is 0.00586. The molecule has 2 aliphatic rings. The third kappa shape index (κ3) is 4.97. The average Bonchev–Trinajstić information content (AvgIpc) is 3.13. The number of carbonyl (C=O) groups is 2. The van der Waals surface area contributed by atoms with Crippen LogP contribution in [-0.2, 0) is 14.3 Å². The first-order valence-corrected chi connectivity index (χ1v) is 11.9. The summed E-state index contributed by atoms with van der Waals surface area (Å²) in [5, 5.41) is 11.3. The van der Waals surface area contributed by atoms with E-state index < -0.39 is 17.7 Å². The number of aliphatic hydroxyl groups excluding tert-OH is 1. The molecule has 1 unspecified atom stereocenters. The SMILES string of the molecule is COCCCN1C(=O)C(=O)/C(=C(/O)c2ccc3c(c2)OCCO3)C1c1ccc(OC(C)C)c(OC)c1. The van der Waals surface area contributed by atoms with Crippen molar-refractivity contribution in [2.24, 2.45) is 0 Å². The van der Waals surface area contributed by atoms with E-state index in [1.54, 1.807) is 43.5 Å². The monoisotopic (exact) mass is 497 g/mol. The number of ether oxygens (including phenoxy) is 5. The lowest BCUT2D eigenvalue weighted by Gasteiger charge is -2.26. The number of amides is 1. The van der Waals surface area contributed by atoms with Crippen LogP contribution >= 0.6 is 0 Å². The Morgan fingerprint density at radius 2 is 1.81 bits per heavy atom. The number of carbonyl (C=O) groups excluding carboxylic acids is 2. The molecular formula is C27H31NO8. The maximum atomic E-state index is 13.3. The van der Waals surface area contributed by atoms with Crippen molar-refractivity contribution in [3.63, 3.8) is 0 Å². The van der Waals surface area contributed by atoms with Crippen LogP contribution in [0, 0.1) is 0 Å². The lowest BCUT2D eigenvalue weighted by atomic mass is 9.94. The van der Waals surface area contributed by atoms with Gasteiger partial charge in [0.1, 0.15) is 19.0 Å². The molecule has 1 fully saturated rings. The molecule has 4 rings (SSSR count). The number of nitrogens with zero attached hydrogens (tertiary/aromatic N) is 1. The zero-order valence-corrected chi connectivity index (χ0v) is 20.9. The van der Waals surface area contributed by atoms with Gasteiger partial charge in [-0.15, -0.1) is 0 Å². The molecule has 2 aromatic carbocycles. The van der Waals surface area contributed by atoms with Gasteiger partial charge >= 0.3 is 0 Å². The summed E-state index contributed by atoms with van der Waals surface area (Å²) in [4.78, 5) is 27.8. The van der Waals surface area contributed by atoms with E-state index in [2.05, 4.69) is 0 Å². The number of methoxy groups -OCH3 is 2. The van der Waals surface area contributed by atoms with Crippen molar-refractivity contribution >= 4 is 17.4 Å². The van der Waals surface area contributed by atoms with Crippen molar-refractivity contribution in [2.45, 2.75) is 32.4 Å². The first-order valence-electron chi connectivity index (χ1n) is 11.9. The third-order valence-corrected chi connectivity index (χ3v) is 5.97. The molecule has 2 aliphatic heterocycles. The Labute approximate surface area is 210 Å². The van der Waals surface area contributed by atoms with E-state index >= 15 is 0 Å². The lowest BCUT2D eigenvalue weighted by Crippen LogP contribution is -2.31. The molecule has 0 aliphatic carbocycles. The molecule has 36 heavy (non-hydrogen) atoms. The van der Waals surface area contributed by atoms with E-state index in [0.717, 1.165) is 0 Å². The van der Waals surface area contributed by atoms with E-state index in [-0.39, 0.29) is 24.0 Å². The molecule has 0 spiro atoms. The molecule has 1 atom stereocenters. The Morgan fingerprint density at radius 1 is 1.06 bits per heavy atom. The van der Waals surface area contributed by atoms with Crippen LogP contribution in [0.1, 0.15) is 37.4 Å². The van der Waals surface area contributed by atoms with Crippen LogP contribution in [0.25, 0.3) is 5.76 Å². The van der Waals surface area contributed by atoms with E-state index in [9.17, 15) is 14.7 Å². The summed E-state index contributed by atoms with van der Waals surface area (Å²) in [5.74, 6) is 0.296. The van der Waals surface area contributed by atoms with Crippen LogP contribution in [0.5, 0.6) is 23.0 Å². The first kappa shape index (κ1) is 25.4. The second-order valence-corrected chi connectivity index (χ2v) is 8.77. The number of benzene rings is 2. The van der Waals surface area contributed by atoms with Gasteiger partial charge in [-0.25, -0.2) is 0 Å². The maximum Gasteiger partial charge on any atom is 0.295 e. The summed E-state index contributed by atoms with van der Waals surface area (Å²) in [6.45, 7) is 5.32. The van der Waals surface area contributed by atoms with Gasteiger partial charge in [0.15, 0.2) is 23.0 Å². The summed E-state index contributed by atoms with van der Waals surface area (Å²) in [7, 11) is 3.10. The first-order chi connectivity index (χ1) is 17.3. The molecule has 1 saturated heterocycles. The Bertz CT molecular complexity index is 1170. The van der Waals surface area contributed by atoms with Crippen molar-refractivity contribution in [3.8, 4) is 23.0 Å². The van der Waals surface area contributed by atoms with E-state index in [1.807, 2.05) is 13.8 Å². The standard InChI is InChI=1S/C27H31NO8/c1-16(2)36-20-9-6-17(14-21(20)33-4)24-23(26(30)27(31)28(24)10-5-11-32-3)25(29)18-7-8-19-22(15-18)35-13-12-34-19/h6-9,14-16,24,29H,5,10-13H2,1-4H3/b25-23+. The number of aliphatic hydroxyl groups is 1. The quantitative estimate of drug-likeness (QED) is 0.242. The Hall–Kier alpha value is -3.72. The molecule has 192 valence electrons. The number of fused-ring (bicyclic) bond motifs is 1. The highest BCUT2D eigenvalue weighted by Crippen LogP contribution is 2.43. The number of ketones is 1. The van der Waals surface area contributed by atoms with Crippen LogP contribution in [-0.4, -0.2) is 68.4 Å². The highest BCUT2D eigenvalue weighted by Gasteiger charge is 2.46. The number of Topliss-reactive ketones (excluding diaryl/α,β-unsaturated/α-hetero) is 1. The fourth-order valence-corrected chi connectivity index (χ4v) is 4.39. The number of likely N-dealkylation sites (tertiary alicyclic amines) is 1.